The molecule has 5 rings (SSSR count). The molecule has 0 bridgehead atoms. The molecule has 0 saturated carbocycles. The van der Waals surface area contributed by atoms with Crippen LogP contribution in [-0.2, 0) is 0 Å². The van der Waals surface area contributed by atoms with Crippen LogP contribution < -0.4 is 0 Å². The molecule has 5 aromatic carbocycles. The topological polar surface area (TPSA) is 0 Å². The summed E-state index contributed by atoms with van der Waals surface area (Å²) in [5, 5.41) is 5.12. The van der Waals surface area contributed by atoms with Crippen molar-refractivity contribution < 1.29 is 0 Å². The first kappa shape index (κ1) is 14.9. The molecule has 0 amide bonds. The molecule has 5 aromatic rings. The first-order valence-corrected chi connectivity index (χ1v) is 8.96. The molecule has 0 aliphatic rings. The average Bonchev–Trinajstić information content (AvgIpc) is 2.73. The second-order valence-electron chi connectivity index (χ2n) is 6.64. The van der Waals surface area contributed by atoms with Gasteiger partial charge < -0.3 is 0 Å². The zero-order chi connectivity index (χ0) is 17.3. The van der Waals surface area contributed by atoms with E-state index in [0.29, 0.717) is 0 Å². The highest BCUT2D eigenvalue weighted by molar-refractivity contribution is 6.05. The maximum Gasteiger partial charge on any atom is -0.00266 e. The summed E-state index contributed by atoms with van der Waals surface area (Å²) in [6.07, 6.45) is 0. The molecule has 0 saturated heterocycles. The molecule has 0 nitrogen and oxygen atoms in total. The smallest absolute Gasteiger partial charge is 0.00266 e. The van der Waals surface area contributed by atoms with Crippen molar-refractivity contribution in [2.24, 2.45) is 0 Å². The van der Waals surface area contributed by atoms with E-state index in [1.54, 1.807) is 0 Å². The SMILES string of the molecule is c1ccc(-c2ccc3ccccc3c2-c2ccc3ccccc3c2)cc1. The molecule has 0 aliphatic carbocycles. The van der Waals surface area contributed by atoms with E-state index in [-0.39, 0.29) is 0 Å². The van der Waals surface area contributed by atoms with Crippen LogP contribution in [0.2, 0.25) is 0 Å². The Morgan fingerprint density at radius 1 is 0.385 bits per heavy atom. The van der Waals surface area contributed by atoms with Crippen molar-refractivity contribution in [3.63, 3.8) is 0 Å². The van der Waals surface area contributed by atoms with E-state index in [1.165, 1.54) is 43.8 Å². The zero-order valence-electron chi connectivity index (χ0n) is 14.4. The summed E-state index contributed by atoms with van der Waals surface area (Å²) in [5.41, 5.74) is 5.10. The highest BCUT2D eigenvalue weighted by atomic mass is 14.2. The van der Waals surface area contributed by atoms with Gasteiger partial charge >= 0.3 is 0 Å². The quantitative estimate of drug-likeness (QED) is 0.318. The summed E-state index contributed by atoms with van der Waals surface area (Å²) in [4.78, 5) is 0. The van der Waals surface area contributed by atoms with E-state index in [0.717, 1.165) is 0 Å². The van der Waals surface area contributed by atoms with Crippen molar-refractivity contribution in [2.75, 3.05) is 0 Å². The summed E-state index contributed by atoms with van der Waals surface area (Å²) in [6, 6.07) is 39.1. The fourth-order valence-corrected chi connectivity index (χ4v) is 3.79. The van der Waals surface area contributed by atoms with Gasteiger partial charge in [-0.2, -0.15) is 0 Å². The fraction of sp³-hybridized carbons (Fsp3) is 0. The van der Waals surface area contributed by atoms with Crippen molar-refractivity contribution in [2.45, 2.75) is 0 Å². The fourth-order valence-electron chi connectivity index (χ4n) is 3.79. The number of hydrogen-bond donors (Lipinski definition) is 0. The molecule has 0 aromatic heterocycles. The molecule has 122 valence electrons. The van der Waals surface area contributed by atoms with Gasteiger partial charge in [0, 0.05) is 0 Å². The second-order valence-corrected chi connectivity index (χ2v) is 6.64. The van der Waals surface area contributed by atoms with Gasteiger partial charge in [0.1, 0.15) is 0 Å². The van der Waals surface area contributed by atoms with E-state index in [1.807, 2.05) is 0 Å². The van der Waals surface area contributed by atoms with E-state index in [2.05, 4.69) is 109 Å². The summed E-state index contributed by atoms with van der Waals surface area (Å²) >= 11 is 0. The molecular formula is C26H18. The number of hydrogen-bond acceptors (Lipinski definition) is 0. The molecule has 0 unspecified atom stereocenters. The molecule has 0 atom stereocenters. The van der Waals surface area contributed by atoms with E-state index < -0.39 is 0 Å². The molecule has 26 heavy (non-hydrogen) atoms. The molecule has 0 fully saturated rings. The Morgan fingerprint density at radius 3 is 1.88 bits per heavy atom. The number of fused-ring (bicyclic) bond motifs is 2. The van der Waals surface area contributed by atoms with Crippen LogP contribution in [0.4, 0.5) is 0 Å². The van der Waals surface area contributed by atoms with Gasteiger partial charge in [0.25, 0.3) is 0 Å². The third kappa shape index (κ3) is 2.48. The van der Waals surface area contributed by atoms with Crippen molar-refractivity contribution in [1.29, 1.82) is 0 Å². The minimum absolute atomic E-state index is 1.25. The summed E-state index contributed by atoms with van der Waals surface area (Å²) < 4.78 is 0. The van der Waals surface area contributed by atoms with Gasteiger partial charge in [-0.05, 0) is 49.9 Å². The van der Waals surface area contributed by atoms with Crippen LogP contribution in [0.1, 0.15) is 0 Å². The minimum atomic E-state index is 1.25. The molecule has 0 radical (unpaired) electrons. The van der Waals surface area contributed by atoms with Crippen LogP contribution in [0.15, 0.2) is 109 Å². The molecule has 0 heterocycles. The molecule has 0 aliphatic heterocycles. The van der Waals surface area contributed by atoms with Crippen LogP contribution in [0.5, 0.6) is 0 Å². The minimum Gasteiger partial charge on any atom is -0.0622 e. The third-order valence-corrected chi connectivity index (χ3v) is 5.05. The van der Waals surface area contributed by atoms with Crippen LogP contribution in [0, 0.1) is 0 Å². The predicted molar refractivity (Wildman–Crippen MR) is 112 cm³/mol. The molecular weight excluding hydrogens is 312 g/mol. The van der Waals surface area contributed by atoms with E-state index in [4.69, 9.17) is 0 Å². The van der Waals surface area contributed by atoms with Gasteiger partial charge in [0.05, 0.1) is 0 Å². The normalized spacial score (nSPS) is 11.1. The predicted octanol–water partition coefficient (Wildman–Crippen LogP) is 7.33. The third-order valence-electron chi connectivity index (χ3n) is 5.05. The maximum atomic E-state index is 2.31. The second kappa shape index (κ2) is 6.16. The van der Waals surface area contributed by atoms with E-state index >= 15 is 0 Å². The maximum absolute atomic E-state index is 2.31. The Bertz CT molecular complexity index is 1220. The lowest BCUT2D eigenvalue weighted by Gasteiger charge is -2.15. The number of benzene rings is 5. The lowest BCUT2D eigenvalue weighted by atomic mass is 9.89. The van der Waals surface area contributed by atoms with Gasteiger partial charge in [-0.15, -0.1) is 0 Å². The lowest BCUT2D eigenvalue weighted by molar-refractivity contribution is 1.62. The van der Waals surface area contributed by atoms with Crippen molar-refractivity contribution in [1.82, 2.24) is 0 Å². The molecule has 0 N–H and O–H groups in total. The Labute approximate surface area is 153 Å². The number of rotatable bonds is 2. The van der Waals surface area contributed by atoms with Crippen LogP contribution in [0.3, 0.4) is 0 Å². The molecule has 0 spiro atoms. The Hall–Kier alpha value is -3.38. The Kier molecular flexibility index (Phi) is 3.54. The Balaban J connectivity index is 1.86. The first-order chi connectivity index (χ1) is 12.9. The summed E-state index contributed by atoms with van der Waals surface area (Å²) in [5.74, 6) is 0. The summed E-state index contributed by atoms with van der Waals surface area (Å²) in [6.45, 7) is 0. The standard InChI is InChI=1S/C26H18/c1-2-9-20(10-3-1)25-17-16-21-11-6-7-13-24(21)26(25)23-15-14-19-8-4-5-12-22(19)18-23/h1-18H. The highest BCUT2D eigenvalue weighted by Crippen LogP contribution is 2.39. The van der Waals surface area contributed by atoms with Crippen LogP contribution in [0.25, 0.3) is 43.8 Å². The van der Waals surface area contributed by atoms with Crippen molar-refractivity contribution >= 4 is 21.5 Å². The van der Waals surface area contributed by atoms with Gasteiger partial charge in [-0.1, -0.05) is 103 Å². The van der Waals surface area contributed by atoms with Gasteiger partial charge in [0.15, 0.2) is 0 Å². The lowest BCUT2D eigenvalue weighted by Crippen LogP contribution is -1.88. The zero-order valence-corrected chi connectivity index (χ0v) is 14.4. The van der Waals surface area contributed by atoms with Gasteiger partial charge in [0.2, 0.25) is 0 Å². The largest absolute Gasteiger partial charge is 0.0622 e. The Morgan fingerprint density at radius 2 is 1.04 bits per heavy atom. The van der Waals surface area contributed by atoms with Gasteiger partial charge in [-0.3, -0.25) is 0 Å². The first-order valence-electron chi connectivity index (χ1n) is 8.96. The van der Waals surface area contributed by atoms with Crippen LogP contribution >= 0.6 is 0 Å². The van der Waals surface area contributed by atoms with E-state index in [9.17, 15) is 0 Å². The summed E-state index contributed by atoms with van der Waals surface area (Å²) in [7, 11) is 0. The van der Waals surface area contributed by atoms with Crippen LogP contribution in [-0.4, -0.2) is 0 Å². The van der Waals surface area contributed by atoms with Crippen molar-refractivity contribution in [3.05, 3.63) is 109 Å². The van der Waals surface area contributed by atoms with Gasteiger partial charge in [-0.25, -0.2) is 0 Å². The highest BCUT2D eigenvalue weighted by Gasteiger charge is 2.12. The monoisotopic (exact) mass is 330 g/mol. The average molecular weight is 330 g/mol. The van der Waals surface area contributed by atoms with Crippen molar-refractivity contribution in [3.8, 4) is 22.3 Å². The molecule has 0 heteroatoms.